The van der Waals surface area contributed by atoms with Gasteiger partial charge >= 0.3 is 5.97 Å². The molecule has 4 saturated heterocycles. The van der Waals surface area contributed by atoms with E-state index in [-0.39, 0.29) is 37.1 Å². The summed E-state index contributed by atoms with van der Waals surface area (Å²) in [6, 6.07) is 0. The number of hydrogen-bond donors (Lipinski definition) is 3. The lowest BCUT2D eigenvalue weighted by Crippen LogP contribution is -2.70. The Balaban J connectivity index is 1.40. The van der Waals surface area contributed by atoms with Gasteiger partial charge in [-0.3, -0.25) is 9.59 Å². The molecular weight excluding hydrogens is 422 g/mol. The van der Waals surface area contributed by atoms with Crippen LogP contribution in [-0.2, 0) is 33.6 Å². The molecule has 32 heavy (non-hydrogen) atoms. The highest BCUT2D eigenvalue weighted by Crippen LogP contribution is 2.60. The van der Waals surface area contributed by atoms with Crippen molar-refractivity contribution in [2.75, 3.05) is 13.2 Å². The van der Waals surface area contributed by atoms with Gasteiger partial charge in [-0.2, -0.15) is 0 Å². The fourth-order valence-electron chi connectivity index (χ4n) is 5.80. The highest BCUT2D eigenvalue weighted by atomic mass is 17.3. The molecular formula is C22H35NO9. The number of amides is 1. The molecule has 0 unspecified atom stereocenters. The summed E-state index contributed by atoms with van der Waals surface area (Å²) in [5.74, 6) is -1.26. The van der Waals surface area contributed by atoms with Gasteiger partial charge in [0.1, 0.15) is 0 Å². The fourth-order valence-corrected chi connectivity index (χ4v) is 5.80. The van der Waals surface area contributed by atoms with Crippen LogP contribution >= 0.6 is 0 Å². The van der Waals surface area contributed by atoms with Crippen molar-refractivity contribution in [3.8, 4) is 0 Å². The Morgan fingerprint density at radius 2 is 1.94 bits per heavy atom. The zero-order valence-corrected chi connectivity index (χ0v) is 19.0. The van der Waals surface area contributed by atoms with Crippen molar-refractivity contribution in [3.05, 3.63) is 0 Å². The van der Waals surface area contributed by atoms with Crippen LogP contribution in [0.5, 0.6) is 0 Å². The van der Waals surface area contributed by atoms with E-state index in [1.807, 2.05) is 13.8 Å². The van der Waals surface area contributed by atoms with E-state index in [0.29, 0.717) is 12.3 Å². The van der Waals surface area contributed by atoms with Gasteiger partial charge in [0.05, 0.1) is 19.1 Å². The van der Waals surface area contributed by atoms with E-state index in [2.05, 4.69) is 12.2 Å². The Morgan fingerprint density at radius 3 is 2.69 bits per heavy atom. The second-order valence-corrected chi connectivity index (χ2v) is 9.90. The third kappa shape index (κ3) is 4.28. The molecule has 1 saturated carbocycles. The number of aliphatic hydroxyl groups excluding tert-OH is 2. The quantitative estimate of drug-likeness (QED) is 0.378. The highest BCUT2D eigenvalue weighted by molar-refractivity contribution is 5.81. The maximum Gasteiger partial charge on any atom is 0.308 e. The highest BCUT2D eigenvalue weighted by Gasteiger charge is 2.69. The van der Waals surface area contributed by atoms with Crippen molar-refractivity contribution in [2.24, 2.45) is 23.7 Å². The van der Waals surface area contributed by atoms with Gasteiger partial charge in [-0.25, -0.2) is 9.78 Å². The van der Waals surface area contributed by atoms with Crippen molar-refractivity contribution in [1.29, 1.82) is 0 Å². The molecule has 0 aromatic rings. The number of hydrogen-bond acceptors (Lipinski definition) is 9. The summed E-state index contributed by atoms with van der Waals surface area (Å²) in [4.78, 5) is 36.1. The summed E-state index contributed by atoms with van der Waals surface area (Å²) < 4.78 is 18.1. The number of nitrogens with one attached hydrogen (secondary N) is 1. The smallest absolute Gasteiger partial charge is 0.308 e. The van der Waals surface area contributed by atoms with Gasteiger partial charge in [0.25, 0.3) is 0 Å². The molecule has 5 aliphatic rings. The first-order valence-electron chi connectivity index (χ1n) is 11.6. The first-order valence-corrected chi connectivity index (χ1v) is 11.6. The van der Waals surface area contributed by atoms with Crippen LogP contribution in [0.15, 0.2) is 0 Å². The average Bonchev–Trinajstić information content (AvgIpc) is 3.00. The van der Waals surface area contributed by atoms with Crippen LogP contribution in [0, 0.1) is 23.7 Å². The monoisotopic (exact) mass is 457 g/mol. The topological polar surface area (TPSA) is 133 Å². The lowest BCUT2D eigenvalue weighted by molar-refractivity contribution is -0.576. The molecule has 0 aromatic heterocycles. The molecule has 4 aliphatic heterocycles. The van der Waals surface area contributed by atoms with E-state index in [1.54, 1.807) is 0 Å². The van der Waals surface area contributed by atoms with Gasteiger partial charge in [-0.05, 0) is 38.0 Å². The summed E-state index contributed by atoms with van der Waals surface area (Å²) in [6.07, 6.45) is 0.842. The van der Waals surface area contributed by atoms with Crippen LogP contribution in [0.2, 0.25) is 0 Å². The standard InChI is InChI=1S/C22H35NO9/c1-12-4-5-16-13(2)19(28-18(27)7-6-17(26)23-10-14(25)11-24)29-20-22(16)15(12)8-9-21(3,30-20)31-32-22/h12-16,19-20,24-25H,4-11H2,1-3H3,(H,23,26)/t12-,13-,14-,15-,16-,19-,20-,21-,22-/m1/s1. The van der Waals surface area contributed by atoms with E-state index in [4.69, 9.17) is 29.1 Å². The van der Waals surface area contributed by atoms with Crippen molar-refractivity contribution in [3.63, 3.8) is 0 Å². The first-order chi connectivity index (χ1) is 15.2. The molecule has 182 valence electrons. The molecule has 5 rings (SSSR count). The van der Waals surface area contributed by atoms with E-state index in [9.17, 15) is 14.7 Å². The Morgan fingerprint density at radius 1 is 1.16 bits per heavy atom. The number of aliphatic hydroxyl groups is 2. The molecule has 3 N–H and O–H groups in total. The zero-order chi connectivity index (χ0) is 23.1. The maximum atomic E-state index is 12.5. The minimum absolute atomic E-state index is 0.0474. The summed E-state index contributed by atoms with van der Waals surface area (Å²) >= 11 is 0. The molecule has 9 atom stereocenters. The maximum absolute atomic E-state index is 12.5. The van der Waals surface area contributed by atoms with E-state index >= 15 is 0 Å². The van der Waals surface area contributed by atoms with Gasteiger partial charge in [0, 0.05) is 31.2 Å². The Kier molecular flexibility index (Phi) is 6.82. The second kappa shape index (κ2) is 9.15. The molecule has 1 spiro atoms. The number of ether oxygens (including phenoxy) is 3. The minimum atomic E-state index is -1.03. The fraction of sp³-hybridized carbons (Fsp3) is 0.909. The molecule has 0 aromatic carbocycles. The molecule has 1 amide bonds. The molecule has 2 bridgehead atoms. The predicted molar refractivity (Wildman–Crippen MR) is 108 cm³/mol. The van der Waals surface area contributed by atoms with Crippen LogP contribution in [0.25, 0.3) is 0 Å². The SMILES string of the molecule is C[C@H]1[C@H](OC(=O)CCC(=O)NC[C@@H](O)CO)O[C@@H]2O[C@@]3(C)CC[C@@H]4[C@H](C)CC[C@H]1[C@@]24OO3. The summed E-state index contributed by atoms with van der Waals surface area (Å²) in [5.41, 5.74) is -0.719. The van der Waals surface area contributed by atoms with E-state index in [0.717, 1.165) is 19.3 Å². The summed E-state index contributed by atoms with van der Waals surface area (Å²) in [7, 11) is 0. The molecule has 1 aliphatic carbocycles. The van der Waals surface area contributed by atoms with Crippen LogP contribution in [0.4, 0.5) is 0 Å². The van der Waals surface area contributed by atoms with Crippen LogP contribution in [-0.4, -0.2) is 65.3 Å². The Bertz CT molecular complexity index is 720. The largest absolute Gasteiger partial charge is 0.435 e. The molecule has 10 nitrogen and oxygen atoms in total. The van der Waals surface area contributed by atoms with Crippen molar-refractivity contribution >= 4 is 11.9 Å². The molecule has 4 heterocycles. The molecule has 10 heteroatoms. The van der Waals surface area contributed by atoms with Gasteiger partial charge in [0.15, 0.2) is 11.9 Å². The molecule has 5 fully saturated rings. The van der Waals surface area contributed by atoms with Gasteiger partial charge in [-0.1, -0.05) is 13.8 Å². The van der Waals surface area contributed by atoms with E-state index in [1.165, 1.54) is 0 Å². The van der Waals surface area contributed by atoms with Crippen molar-refractivity contribution in [1.82, 2.24) is 5.32 Å². The van der Waals surface area contributed by atoms with Crippen LogP contribution < -0.4 is 5.32 Å². The number of rotatable bonds is 7. The third-order valence-corrected chi connectivity index (χ3v) is 7.65. The normalized spacial score (nSPS) is 43.7. The van der Waals surface area contributed by atoms with Gasteiger partial charge in [0.2, 0.25) is 18.0 Å². The number of carbonyl (C=O) groups is 2. The van der Waals surface area contributed by atoms with E-state index < -0.39 is 48.6 Å². The number of fused-ring (bicyclic) bond motifs is 2. The van der Waals surface area contributed by atoms with Crippen molar-refractivity contribution < 1.29 is 43.8 Å². The Labute approximate surface area is 187 Å². The first kappa shape index (κ1) is 23.8. The van der Waals surface area contributed by atoms with Gasteiger partial charge in [-0.15, -0.1) is 0 Å². The number of carbonyl (C=O) groups excluding carboxylic acids is 2. The minimum Gasteiger partial charge on any atom is -0.435 e. The van der Waals surface area contributed by atoms with Crippen molar-refractivity contribution in [2.45, 2.75) is 89.4 Å². The van der Waals surface area contributed by atoms with Crippen LogP contribution in [0.1, 0.15) is 59.3 Å². The molecule has 0 radical (unpaired) electrons. The third-order valence-electron chi connectivity index (χ3n) is 7.65. The predicted octanol–water partition coefficient (Wildman–Crippen LogP) is 0.987. The number of esters is 1. The summed E-state index contributed by atoms with van der Waals surface area (Å²) in [5, 5.41) is 20.5. The Hall–Kier alpha value is -1.30. The van der Waals surface area contributed by atoms with Crippen LogP contribution in [0.3, 0.4) is 0 Å². The average molecular weight is 458 g/mol. The zero-order valence-electron chi connectivity index (χ0n) is 19.0. The van der Waals surface area contributed by atoms with Gasteiger partial charge < -0.3 is 29.7 Å². The summed E-state index contributed by atoms with van der Waals surface area (Å²) in [6.45, 7) is 5.55. The second-order valence-electron chi connectivity index (χ2n) is 9.90. The lowest BCUT2D eigenvalue weighted by atomic mass is 9.58. The lowest BCUT2D eigenvalue weighted by Gasteiger charge is -2.59.